The molecule has 0 amide bonds. The molecule has 1 aromatic rings. The lowest BCUT2D eigenvalue weighted by Gasteiger charge is -2.29. The van der Waals surface area contributed by atoms with Crippen LogP contribution in [-0.2, 0) is 11.3 Å². The molecule has 0 bridgehead atoms. The highest BCUT2D eigenvalue weighted by Gasteiger charge is 2.21. The Bertz CT molecular complexity index is 313. The molecule has 2 unspecified atom stereocenters. The SMILES string of the molecule is Cc1nc(COC2CNCCC2C)cs1. The second-order valence-corrected chi connectivity index (χ2v) is 5.24. The molecule has 3 nitrogen and oxygen atoms in total. The fraction of sp³-hybridized carbons (Fsp3) is 0.727. The van der Waals surface area contributed by atoms with Crippen LogP contribution in [0.2, 0.25) is 0 Å². The Morgan fingerprint density at radius 1 is 1.67 bits per heavy atom. The molecule has 2 heterocycles. The van der Waals surface area contributed by atoms with Gasteiger partial charge in [-0.2, -0.15) is 0 Å². The zero-order chi connectivity index (χ0) is 10.7. The molecule has 2 atom stereocenters. The fourth-order valence-corrected chi connectivity index (χ4v) is 2.45. The maximum atomic E-state index is 5.88. The first kappa shape index (κ1) is 11.0. The fourth-order valence-electron chi connectivity index (χ4n) is 1.85. The second-order valence-electron chi connectivity index (χ2n) is 4.18. The number of nitrogens with one attached hydrogen (secondary N) is 1. The third-order valence-electron chi connectivity index (χ3n) is 2.87. The summed E-state index contributed by atoms with van der Waals surface area (Å²) >= 11 is 1.69. The largest absolute Gasteiger partial charge is 0.370 e. The van der Waals surface area contributed by atoms with Crippen molar-refractivity contribution in [2.75, 3.05) is 13.1 Å². The second kappa shape index (κ2) is 5.05. The minimum Gasteiger partial charge on any atom is -0.370 e. The molecule has 1 saturated heterocycles. The van der Waals surface area contributed by atoms with Crippen molar-refractivity contribution in [3.8, 4) is 0 Å². The first-order valence-corrected chi connectivity index (χ1v) is 6.37. The number of ether oxygens (including phenoxy) is 1. The van der Waals surface area contributed by atoms with Crippen LogP contribution in [0.5, 0.6) is 0 Å². The average molecular weight is 226 g/mol. The molecule has 0 saturated carbocycles. The summed E-state index contributed by atoms with van der Waals surface area (Å²) in [6.45, 7) is 7.04. The zero-order valence-corrected chi connectivity index (χ0v) is 10.1. The van der Waals surface area contributed by atoms with Gasteiger partial charge in [-0.25, -0.2) is 4.98 Å². The van der Waals surface area contributed by atoms with E-state index in [2.05, 4.69) is 22.6 Å². The van der Waals surface area contributed by atoms with Crippen molar-refractivity contribution in [2.24, 2.45) is 5.92 Å². The zero-order valence-electron chi connectivity index (χ0n) is 9.32. The van der Waals surface area contributed by atoms with Gasteiger partial charge >= 0.3 is 0 Å². The van der Waals surface area contributed by atoms with Crippen LogP contribution < -0.4 is 5.32 Å². The number of aromatic nitrogens is 1. The molecule has 15 heavy (non-hydrogen) atoms. The van der Waals surface area contributed by atoms with E-state index in [0.29, 0.717) is 18.6 Å². The van der Waals surface area contributed by atoms with Crippen LogP contribution >= 0.6 is 11.3 Å². The molecule has 2 rings (SSSR count). The number of aryl methyl sites for hydroxylation is 1. The summed E-state index contributed by atoms with van der Waals surface area (Å²) in [5.41, 5.74) is 1.07. The van der Waals surface area contributed by atoms with Crippen LogP contribution in [0.1, 0.15) is 24.0 Å². The van der Waals surface area contributed by atoms with Crippen LogP contribution in [0.15, 0.2) is 5.38 Å². The number of thiazole rings is 1. The van der Waals surface area contributed by atoms with E-state index in [9.17, 15) is 0 Å². The molecular weight excluding hydrogens is 208 g/mol. The summed E-state index contributed by atoms with van der Waals surface area (Å²) in [7, 11) is 0. The maximum absolute atomic E-state index is 5.88. The van der Waals surface area contributed by atoms with E-state index in [0.717, 1.165) is 23.8 Å². The highest BCUT2D eigenvalue weighted by molar-refractivity contribution is 7.09. The Hall–Kier alpha value is -0.450. The normalized spacial score (nSPS) is 26.8. The molecule has 4 heteroatoms. The molecular formula is C11H18N2OS. The van der Waals surface area contributed by atoms with Gasteiger partial charge in [-0.15, -0.1) is 11.3 Å². The van der Waals surface area contributed by atoms with Gasteiger partial charge in [0.2, 0.25) is 0 Å². The van der Waals surface area contributed by atoms with Crippen LogP contribution in [0.25, 0.3) is 0 Å². The van der Waals surface area contributed by atoms with Crippen LogP contribution in [0.3, 0.4) is 0 Å². The van der Waals surface area contributed by atoms with Gasteiger partial charge in [0.05, 0.1) is 23.4 Å². The minimum absolute atomic E-state index is 0.348. The lowest BCUT2D eigenvalue weighted by Crippen LogP contribution is -2.40. The maximum Gasteiger partial charge on any atom is 0.0901 e. The van der Waals surface area contributed by atoms with E-state index in [-0.39, 0.29) is 0 Å². The van der Waals surface area contributed by atoms with Crippen molar-refractivity contribution < 1.29 is 4.74 Å². The molecule has 1 aliphatic rings. The van der Waals surface area contributed by atoms with E-state index in [1.165, 1.54) is 6.42 Å². The van der Waals surface area contributed by atoms with E-state index in [1.54, 1.807) is 11.3 Å². The van der Waals surface area contributed by atoms with E-state index in [4.69, 9.17) is 4.74 Å². The van der Waals surface area contributed by atoms with Gasteiger partial charge in [0.25, 0.3) is 0 Å². The van der Waals surface area contributed by atoms with E-state index >= 15 is 0 Å². The van der Waals surface area contributed by atoms with Gasteiger partial charge in [0.15, 0.2) is 0 Å². The van der Waals surface area contributed by atoms with Gasteiger partial charge in [-0.05, 0) is 25.8 Å². The van der Waals surface area contributed by atoms with Crippen molar-refractivity contribution in [3.05, 3.63) is 16.1 Å². The summed E-state index contributed by atoms with van der Waals surface area (Å²) < 4.78 is 5.88. The van der Waals surface area contributed by atoms with Crippen molar-refractivity contribution in [2.45, 2.75) is 33.0 Å². The topological polar surface area (TPSA) is 34.1 Å². The Labute approximate surface area is 94.9 Å². The molecule has 1 aromatic heterocycles. The first-order valence-electron chi connectivity index (χ1n) is 5.49. The minimum atomic E-state index is 0.348. The lowest BCUT2D eigenvalue weighted by molar-refractivity contribution is -0.00779. The highest BCUT2D eigenvalue weighted by Crippen LogP contribution is 2.17. The van der Waals surface area contributed by atoms with Gasteiger partial charge < -0.3 is 10.1 Å². The predicted molar refractivity (Wildman–Crippen MR) is 62.1 cm³/mol. The van der Waals surface area contributed by atoms with Crippen molar-refractivity contribution in [1.82, 2.24) is 10.3 Å². The summed E-state index contributed by atoms with van der Waals surface area (Å²) in [5.74, 6) is 0.658. The van der Waals surface area contributed by atoms with Gasteiger partial charge in [0, 0.05) is 11.9 Å². The van der Waals surface area contributed by atoms with Gasteiger partial charge in [-0.3, -0.25) is 0 Å². The van der Waals surface area contributed by atoms with Crippen LogP contribution in [0.4, 0.5) is 0 Å². The standard InChI is InChI=1S/C11H18N2OS/c1-8-3-4-12-5-11(8)14-6-10-7-15-9(2)13-10/h7-8,11-12H,3-6H2,1-2H3. The Morgan fingerprint density at radius 2 is 2.53 bits per heavy atom. The predicted octanol–water partition coefficient (Wildman–Crippen LogP) is 1.97. The third-order valence-corrected chi connectivity index (χ3v) is 3.69. The summed E-state index contributed by atoms with van der Waals surface area (Å²) in [6.07, 6.45) is 1.56. The molecule has 0 aliphatic carbocycles. The Kier molecular flexibility index (Phi) is 3.72. The van der Waals surface area contributed by atoms with E-state index < -0.39 is 0 Å². The number of hydrogen-bond acceptors (Lipinski definition) is 4. The third kappa shape index (κ3) is 3.00. The molecule has 1 fully saturated rings. The highest BCUT2D eigenvalue weighted by atomic mass is 32.1. The number of nitrogens with zero attached hydrogens (tertiary/aromatic N) is 1. The Balaban J connectivity index is 1.81. The van der Waals surface area contributed by atoms with E-state index in [1.807, 2.05) is 6.92 Å². The number of piperidine rings is 1. The number of rotatable bonds is 3. The van der Waals surface area contributed by atoms with Crippen LogP contribution in [0, 0.1) is 12.8 Å². The number of hydrogen-bond donors (Lipinski definition) is 1. The quantitative estimate of drug-likeness (QED) is 0.855. The first-order chi connectivity index (χ1) is 7.25. The van der Waals surface area contributed by atoms with Crippen LogP contribution in [-0.4, -0.2) is 24.2 Å². The van der Waals surface area contributed by atoms with Gasteiger partial charge in [-0.1, -0.05) is 6.92 Å². The molecule has 1 aliphatic heterocycles. The molecule has 0 radical (unpaired) electrons. The lowest BCUT2D eigenvalue weighted by atomic mass is 9.97. The molecule has 1 N–H and O–H groups in total. The van der Waals surface area contributed by atoms with Crippen molar-refractivity contribution >= 4 is 11.3 Å². The molecule has 84 valence electrons. The summed E-state index contributed by atoms with van der Waals surface area (Å²) in [6, 6.07) is 0. The Morgan fingerprint density at radius 3 is 3.20 bits per heavy atom. The van der Waals surface area contributed by atoms with Crippen molar-refractivity contribution in [3.63, 3.8) is 0 Å². The molecule has 0 aromatic carbocycles. The average Bonchev–Trinajstić information content (AvgIpc) is 2.63. The van der Waals surface area contributed by atoms with Crippen molar-refractivity contribution in [1.29, 1.82) is 0 Å². The monoisotopic (exact) mass is 226 g/mol. The smallest absolute Gasteiger partial charge is 0.0901 e. The summed E-state index contributed by atoms with van der Waals surface area (Å²) in [5, 5.41) is 6.56. The molecule has 0 spiro atoms. The van der Waals surface area contributed by atoms with Gasteiger partial charge in [0.1, 0.15) is 0 Å². The summed E-state index contributed by atoms with van der Waals surface area (Å²) in [4.78, 5) is 4.39.